The van der Waals surface area contributed by atoms with E-state index in [9.17, 15) is 27.6 Å². The number of amides is 1. The first-order valence-electron chi connectivity index (χ1n) is 9.61. The van der Waals surface area contributed by atoms with Crippen LogP contribution in [0.5, 0.6) is 5.75 Å². The molecule has 1 amide bonds. The standard InChI is InChI=1S/C21H26F3NO4/c1-5-13-7-15(29-10-21(22,23)24)6-12(4)18(13)19-16(26)8-14(20(19)28)9-17(27)25-11(2)3/h6-7,11,14,19H,5,8-10H2,1-4H3,(H,25,27). The normalized spacial score (nSPS) is 19.7. The molecule has 2 unspecified atom stereocenters. The number of halogens is 3. The second-order valence-electron chi connectivity index (χ2n) is 7.70. The maximum Gasteiger partial charge on any atom is 0.422 e. The minimum Gasteiger partial charge on any atom is -0.484 e. The first kappa shape index (κ1) is 22.9. The molecule has 2 atom stereocenters. The largest absolute Gasteiger partial charge is 0.484 e. The van der Waals surface area contributed by atoms with Crippen LogP contribution in [0.3, 0.4) is 0 Å². The number of benzene rings is 1. The van der Waals surface area contributed by atoms with Crippen molar-refractivity contribution >= 4 is 17.5 Å². The summed E-state index contributed by atoms with van der Waals surface area (Å²) in [7, 11) is 0. The second kappa shape index (κ2) is 8.97. The van der Waals surface area contributed by atoms with E-state index in [0.29, 0.717) is 23.1 Å². The molecule has 1 saturated carbocycles. The van der Waals surface area contributed by atoms with Crippen LogP contribution in [0.1, 0.15) is 56.2 Å². The third kappa shape index (κ3) is 5.81. The number of ether oxygens (including phenoxy) is 1. The van der Waals surface area contributed by atoms with E-state index in [-0.39, 0.29) is 42.1 Å². The predicted molar refractivity (Wildman–Crippen MR) is 101 cm³/mol. The first-order valence-corrected chi connectivity index (χ1v) is 9.61. The van der Waals surface area contributed by atoms with Gasteiger partial charge < -0.3 is 10.1 Å². The van der Waals surface area contributed by atoms with Gasteiger partial charge in [-0.2, -0.15) is 13.2 Å². The summed E-state index contributed by atoms with van der Waals surface area (Å²) in [6.07, 6.45) is -4.09. The van der Waals surface area contributed by atoms with Crippen LogP contribution in [-0.2, 0) is 20.8 Å². The number of rotatable bonds is 7. The van der Waals surface area contributed by atoms with E-state index in [1.165, 1.54) is 12.1 Å². The van der Waals surface area contributed by atoms with Gasteiger partial charge in [-0.15, -0.1) is 0 Å². The molecule has 0 aromatic heterocycles. The molecule has 1 aliphatic rings. The van der Waals surface area contributed by atoms with Crippen molar-refractivity contribution in [1.29, 1.82) is 0 Å². The predicted octanol–water partition coefficient (Wildman–Crippen LogP) is 3.65. The Morgan fingerprint density at radius 2 is 1.93 bits per heavy atom. The summed E-state index contributed by atoms with van der Waals surface area (Å²) in [5.74, 6) is -2.48. The minimum atomic E-state index is -4.46. The van der Waals surface area contributed by atoms with E-state index in [1.54, 1.807) is 13.8 Å². The molecule has 1 aromatic rings. The molecule has 1 aliphatic carbocycles. The van der Waals surface area contributed by atoms with Crippen molar-refractivity contribution in [1.82, 2.24) is 5.32 Å². The summed E-state index contributed by atoms with van der Waals surface area (Å²) in [6, 6.07) is 2.80. The van der Waals surface area contributed by atoms with Gasteiger partial charge in [-0.25, -0.2) is 0 Å². The van der Waals surface area contributed by atoms with Gasteiger partial charge in [0, 0.05) is 24.8 Å². The summed E-state index contributed by atoms with van der Waals surface area (Å²) in [4.78, 5) is 37.6. The van der Waals surface area contributed by atoms with Gasteiger partial charge in [0.25, 0.3) is 0 Å². The highest BCUT2D eigenvalue weighted by Gasteiger charge is 2.44. The number of aryl methyl sites for hydroxylation is 2. The molecule has 0 heterocycles. The fraction of sp³-hybridized carbons (Fsp3) is 0.571. The number of carbonyl (C=O) groups excluding carboxylic acids is 3. The molecular weight excluding hydrogens is 387 g/mol. The maximum atomic E-state index is 12.9. The van der Waals surface area contributed by atoms with Crippen LogP contribution in [0, 0.1) is 12.8 Å². The van der Waals surface area contributed by atoms with Crippen molar-refractivity contribution in [3.05, 3.63) is 28.8 Å². The zero-order valence-electron chi connectivity index (χ0n) is 17.0. The molecule has 2 rings (SSSR count). The Hall–Kier alpha value is -2.38. The molecule has 0 spiro atoms. The number of alkyl halides is 3. The van der Waals surface area contributed by atoms with Crippen LogP contribution in [0.25, 0.3) is 0 Å². The third-order valence-corrected chi connectivity index (χ3v) is 4.86. The molecule has 1 aromatic carbocycles. The molecule has 160 valence electrons. The van der Waals surface area contributed by atoms with Crippen LogP contribution in [0.15, 0.2) is 12.1 Å². The van der Waals surface area contributed by atoms with Crippen molar-refractivity contribution in [3.63, 3.8) is 0 Å². The van der Waals surface area contributed by atoms with Gasteiger partial charge >= 0.3 is 6.18 Å². The van der Waals surface area contributed by atoms with E-state index in [0.717, 1.165) is 0 Å². The highest BCUT2D eigenvalue weighted by atomic mass is 19.4. The zero-order valence-corrected chi connectivity index (χ0v) is 17.0. The van der Waals surface area contributed by atoms with Gasteiger partial charge in [-0.3, -0.25) is 14.4 Å². The molecule has 1 N–H and O–H groups in total. The van der Waals surface area contributed by atoms with E-state index in [4.69, 9.17) is 4.74 Å². The Morgan fingerprint density at radius 1 is 1.28 bits per heavy atom. The van der Waals surface area contributed by atoms with Crippen LogP contribution >= 0.6 is 0 Å². The average Bonchev–Trinajstić information content (AvgIpc) is 2.85. The lowest BCUT2D eigenvalue weighted by Gasteiger charge is -2.19. The Morgan fingerprint density at radius 3 is 2.48 bits per heavy atom. The quantitative estimate of drug-likeness (QED) is 0.693. The Balaban J connectivity index is 2.27. The second-order valence-corrected chi connectivity index (χ2v) is 7.70. The van der Waals surface area contributed by atoms with Crippen molar-refractivity contribution in [2.45, 2.75) is 65.1 Å². The van der Waals surface area contributed by atoms with Gasteiger partial charge in [0.15, 0.2) is 12.4 Å². The van der Waals surface area contributed by atoms with Gasteiger partial charge in [0.1, 0.15) is 17.5 Å². The lowest BCUT2D eigenvalue weighted by atomic mass is 9.85. The molecule has 0 saturated heterocycles. The number of nitrogens with one attached hydrogen (secondary N) is 1. The SMILES string of the molecule is CCc1cc(OCC(F)(F)F)cc(C)c1C1C(=O)CC(CC(=O)NC(C)C)C1=O. The molecule has 29 heavy (non-hydrogen) atoms. The van der Waals surface area contributed by atoms with Crippen molar-refractivity contribution in [3.8, 4) is 5.75 Å². The molecule has 1 fully saturated rings. The van der Waals surface area contributed by atoms with Crippen molar-refractivity contribution in [2.24, 2.45) is 5.92 Å². The Labute approximate surface area is 168 Å². The number of carbonyl (C=O) groups is 3. The molecule has 5 nitrogen and oxygen atoms in total. The van der Waals surface area contributed by atoms with Gasteiger partial charge in [0.2, 0.25) is 5.91 Å². The van der Waals surface area contributed by atoms with E-state index >= 15 is 0 Å². The maximum absolute atomic E-state index is 12.9. The lowest BCUT2D eigenvalue weighted by Crippen LogP contribution is -2.32. The summed E-state index contributed by atoms with van der Waals surface area (Å²) in [5, 5.41) is 2.72. The van der Waals surface area contributed by atoms with E-state index in [1.807, 2.05) is 13.8 Å². The summed E-state index contributed by atoms with van der Waals surface area (Å²) < 4.78 is 42.1. The number of hydrogen-bond acceptors (Lipinski definition) is 4. The topological polar surface area (TPSA) is 72.5 Å². The average molecular weight is 413 g/mol. The van der Waals surface area contributed by atoms with Crippen molar-refractivity contribution < 1.29 is 32.3 Å². The number of Topliss-reactive ketones (excluding diaryl/α,β-unsaturated/α-hetero) is 2. The Bertz CT molecular complexity index is 802. The van der Waals surface area contributed by atoms with Crippen LogP contribution in [-0.4, -0.2) is 36.3 Å². The fourth-order valence-corrected chi connectivity index (χ4v) is 3.73. The van der Waals surface area contributed by atoms with Gasteiger partial charge in [-0.1, -0.05) is 6.92 Å². The number of ketones is 2. The number of hydrogen-bond donors (Lipinski definition) is 1. The molecule has 0 bridgehead atoms. The van der Waals surface area contributed by atoms with Crippen LogP contribution in [0.4, 0.5) is 13.2 Å². The summed E-state index contributed by atoms with van der Waals surface area (Å²) >= 11 is 0. The van der Waals surface area contributed by atoms with E-state index in [2.05, 4.69) is 5.32 Å². The molecule has 0 aliphatic heterocycles. The highest BCUT2D eigenvalue weighted by Crippen LogP contribution is 2.39. The zero-order chi connectivity index (χ0) is 21.9. The van der Waals surface area contributed by atoms with Crippen LogP contribution < -0.4 is 10.1 Å². The lowest BCUT2D eigenvalue weighted by molar-refractivity contribution is -0.153. The summed E-state index contributed by atoms with van der Waals surface area (Å²) in [5.41, 5.74) is 1.65. The third-order valence-electron chi connectivity index (χ3n) is 4.86. The molecular formula is C21H26F3NO4. The molecule has 8 heteroatoms. The van der Waals surface area contributed by atoms with Crippen LogP contribution in [0.2, 0.25) is 0 Å². The monoisotopic (exact) mass is 413 g/mol. The highest BCUT2D eigenvalue weighted by molar-refractivity contribution is 6.15. The van der Waals surface area contributed by atoms with Gasteiger partial charge in [-0.05, 0) is 56.0 Å². The van der Waals surface area contributed by atoms with Crippen molar-refractivity contribution in [2.75, 3.05) is 6.61 Å². The first-order chi connectivity index (χ1) is 13.4. The van der Waals surface area contributed by atoms with Gasteiger partial charge in [0.05, 0.1) is 0 Å². The smallest absolute Gasteiger partial charge is 0.422 e. The molecule has 0 radical (unpaired) electrons. The van der Waals surface area contributed by atoms with E-state index < -0.39 is 24.6 Å². The minimum absolute atomic E-state index is 0.00999. The summed E-state index contributed by atoms with van der Waals surface area (Å²) in [6.45, 7) is 5.64. The fourth-order valence-electron chi connectivity index (χ4n) is 3.73. The Kier molecular flexibility index (Phi) is 7.08.